The molecule has 2 aliphatic carbocycles. The average molecular weight is 442 g/mol. The van der Waals surface area contributed by atoms with E-state index < -0.39 is 23.5 Å². The lowest BCUT2D eigenvalue weighted by Crippen LogP contribution is -2.52. The van der Waals surface area contributed by atoms with Gasteiger partial charge in [0.25, 0.3) is 6.01 Å². The van der Waals surface area contributed by atoms with Crippen molar-refractivity contribution in [2.45, 2.75) is 65.0 Å². The van der Waals surface area contributed by atoms with Gasteiger partial charge in [-0.15, -0.1) is 0 Å². The van der Waals surface area contributed by atoms with Crippen molar-refractivity contribution in [2.24, 2.45) is 16.2 Å². The third kappa shape index (κ3) is 3.14. The lowest BCUT2D eigenvalue weighted by Gasteiger charge is -2.35. The third-order valence-electron chi connectivity index (χ3n) is 7.96. The molecule has 0 radical (unpaired) electrons. The predicted molar refractivity (Wildman–Crippen MR) is 119 cm³/mol. The van der Waals surface area contributed by atoms with Crippen molar-refractivity contribution in [3.63, 3.8) is 0 Å². The van der Waals surface area contributed by atoms with Crippen molar-refractivity contribution in [3.05, 3.63) is 18.2 Å². The Kier molecular flexibility index (Phi) is 4.52. The summed E-state index contributed by atoms with van der Waals surface area (Å²) in [7, 11) is 1.59. The van der Waals surface area contributed by atoms with Crippen molar-refractivity contribution in [2.75, 3.05) is 19.0 Å². The standard InChI is InChI=1S/C24H31N3O5/c1-22(2,3)18(26-21-25-15-10-14(31-4)6-7-17(15)32-21)19(28)27-13-24(11-16(27)20(29)30)12-23(24)8-5-9-23/h6-7,10,16,18H,5,8-9,11-13H2,1-4H3,(H,25,26)(H,29,30)/t16-,18+,24-/m0/s1. The van der Waals surface area contributed by atoms with Crippen molar-refractivity contribution < 1.29 is 23.8 Å². The number of nitrogens with zero attached hydrogens (tertiary/aromatic N) is 2. The molecule has 1 aromatic heterocycles. The summed E-state index contributed by atoms with van der Waals surface area (Å²) >= 11 is 0. The number of carboxylic acids is 1. The Hall–Kier alpha value is -2.77. The molecule has 1 aliphatic heterocycles. The number of amides is 1. The maximum absolute atomic E-state index is 13.8. The molecule has 2 spiro atoms. The molecule has 0 bridgehead atoms. The zero-order valence-corrected chi connectivity index (χ0v) is 19.1. The highest BCUT2D eigenvalue weighted by atomic mass is 16.5. The number of likely N-dealkylation sites (tertiary alicyclic amines) is 1. The SMILES string of the molecule is COc1ccc2oc(N[C@H](C(=O)N3C[C@]4(C[C@H]3C(=O)O)CC43CCC3)C(C)(C)C)nc2c1. The van der Waals surface area contributed by atoms with Gasteiger partial charge in [0.2, 0.25) is 5.91 Å². The molecule has 8 nitrogen and oxygen atoms in total. The highest BCUT2D eigenvalue weighted by molar-refractivity contribution is 5.90. The van der Waals surface area contributed by atoms with Crippen LogP contribution in [0.2, 0.25) is 0 Å². The van der Waals surface area contributed by atoms with Crippen molar-refractivity contribution in [3.8, 4) is 5.75 Å². The summed E-state index contributed by atoms with van der Waals surface area (Å²) < 4.78 is 11.1. The van der Waals surface area contributed by atoms with Gasteiger partial charge in [0.15, 0.2) is 5.58 Å². The maximum Gasteiger partial charge on any atom is 0.326 e. The van der Waals surface area contributed by atoms with E-state index in [-0.39, 0.29) is 22.8 Å². The van der Waals surface area contributed by atoms with Crippen LogP contribution in [0.1, 0.15) is 52.9 Å². The number of aliphatic carboxylic acids is 1. The highest BCUT2D eigenvalue weighted by Gasteiger charge is 2.73. The number of benzene rings is 1. The summed E-state index contributed by atoms with van der Waals surface area (Å²) in [4.78, 5) is 32.0. The Labute approximate surface area is 187 Å². The molecule has 2 saturated carbocycles. The molecule has 32 heavy (non-hydrogen) atoms. The quantitative estimate of drug-likeness (QED) is 0.725. The largest absolute Gasteiger partial charge is 0.497 e. The minimum atomic E-state index is -0.918. The van der Waals surface area contributed by atoms with Crippen LogP contribution in [0.5, 0.6) is 5.75 Å². The fourth-order valence-electron chi connectivity index (χ4n) is 5.89. The summed E-state index contributed by atoms with van der Waals surface area (Å²) in [6, 6.07) is 4.12. The van der Waals surface area contributed by atoms with E-state index in [1.54, 1.807) is 30.2 Å². The van der Waals surface area contributed by atoms with E-state index in [1.165, 1.54) is 6.42 Å². The Bertz CT molecular complexity index is 1080. The van der Waals surface area contributed by atoms with E-state index in [0.717, 1.165) is 19.3 Å². The zero-order chi connectivity index (χ0) is 22.9. The molecule has 2 N–H and O–H groups in total. The summed E-state index contributed by atoms with van der Waals surface area (Å²) in [5.74, 6) is -0.456. The molecule has 5 rings (SSSR count). The molecule has 2 heterocycles. The van der Waals surface area contributed by atoms with Gasteiger partial charge in [-0.05, 0) is 54.1 Å². The first kappa shape index (κ1) is 21.1. The predicted octanol–water partition coefficient (Wildman–Crippen LogP) is 3.91. The second kappa shape index (κ2) is 6.86. The molecule has 1 amide bonds. The van der Waals surface area contributed by atoms with Gasteiger partial charge in [-0.2, -0.15) is 4.98 Å². The number of fused-ring (bicyclic) bond motifs is 2. The number of carbonyl (C=O) groups is 2. The van der Waals surface area contributed by atoms with Crippen LogP contribution in [0.25, 0.3) is 11.1 Å². The molecule has 0 unspecified atom stereocenters. The fraction of sp³-hybridized carbons (Fsp3) is 0.625. The van der Waals surface area contributed by atoms with Crippen LogP contribution in [0, 0.1) is 16.2 Å². The van der Waals surface area contributed by atoms with E-state index >= 15 is 0 Å². The smallest absolute Gasteiger partial charge is 0.326 e. The number of oxazole rings is 1. The second-order valence-electron chi connectivity index (χ2n) is 10.9. The van der Waals surface area contributed by atoms with Crippen LogP contribution in [-0.2, 0) is 9.59 Å². The Morgan fingerprint density at radius 3 is 2.62 bits per heavy atom. The van der Waals surface area contributed by atoms with Crippen molar-refractivity contribution in [1.82, 2.24) is 9.88 Å². The van der Waals surface area contributed by atoms with E-state index in [2.05, 4.69) is 10.3 Å². The van der Waals surface area contributed by atoms with Crippen LogP contribution in [-0.4, -0.2) is 52.6 Å². The number of ether oxygens (including phenoxy) is 1. The number of carboxylic acid groups (broad SMARTS) is 1. The topological polar surface area (TPSA) is 105 Å². The first-order chi connectivity index (χ1) is 15.1. The van der Waals surface area contributed by atoms with E-state index in [9.17, 15) is 14.7 Å². The molecule has 1 aromatic carbocycles. The molecule has 172 valence electrons. The van der Waals surface area contributed by atoms with Gasteiger partial charge >= 0.3 is 5.97 Å². The minimum Gasteiger partial charge on any atom is -0.497 e. The van der Waals surface area contributed by atoms with Gasteiger partial charge in [0.1, 0.15) is 23.3 Å². The van der Waals surface area contributed by atoms with Crippen molar-refractivity contribution >= 4 is 29.0 Å². The molecule has 8 heteroatoms. The molecular weight excluding hydrogens is 410 g/mol. The normalized spacial score (nSPS) is 26.9. The van der Waals surface area contributed by atoms with E-state index in [0.29, 0.717) is 29.8 Å². The Balaban J connectivity index is 1.41. The minimum absolute atomic E-state index is 0.0133. The zero-order valence-electron chi connectivity index (χ0n) is 19.1. The number of anilines is 1. The van der Waals surface area contributed by atoms with Gasteiger partial charge in [0.05, 0.1) is 7.11 Å². The molecule has 3 aliphatic rings. The Morgan fingerprint density at radius 2 is 2.06 bits per heavy atom. The van der Waals surface area contributed by atoms with Crippen LogP contribution in [0.4, 0.5) is 6.01 Å². The molecule has 2 aromatic rings. The van der Waals surface area contributed by atoms with Crippen LogP contribution < -0.4 is 10.1 Å². The summed E-state index contributed by atoms with van der Waals surface area (Å²) in [6.45, 7) is 6.41. The maximum atomic E-state index is 13.8. The van der Waals surface area contributed by atoms with Crippen molar-refractivity contribution in [1.29, 1.82) is 0 Å². The number of rotatable bonds is 5. The fourth-order valence-corrected chi connectivity index (χ4v) is 5.89. The van der Waals surface area contributed by atoms with Crippen LogP contribution in [0.15, 0.2) is 22.6 Å². The van der Waals surface area contributed by atoms with Crippen LogP contribution in [0.3, 0.4) is 0 Å². The summed E-state index contributed by atoms with van der Waals surface area (Å²) in [5, 5.41) is 13.1. The monoisotopic (exact) mass is 441 g/mol. The lowest BCUT2D eigenvalue weighted by molar-refractivity contribution is -0.149. The average Bonchev–Trinajstić information content (AvgIpc) is 2.99. The summed E-state index contributed by atoms with van der Waals surface area (Å²) in [5.41, 5.74) is 0.994. The third-order valence-corrected chi connectivity index (χ3v) is 7.96. The molecular formula is C24H31N3O5. The molecule has 3 fully saturated rings. The number of aromatic nitrogens is 1. The van der Waals surface area contributed by atoms with Gasteiger partial charge in [-0.25, -0.2) is 4.79 Å². The number of hydrogen-bond donors (Lipinski definition) is 2. The van der Waals surface area contributed by atoms with Gasteiger partial charge < -0.3 is 24.5 Å². The molecule has 1 saturated heterocycles. The number of carbonyl (C=O) groups excluding carboxylic acids is 1. The molecule has 3 atom stereocenters. The Morgan fingerprint density at radius 1 is 1.31 bits per heavy atom. The number of hydrogen-bond acceptors (Lipinski definition) is 6. The lowest BCUT2D eigenvalue weighted by atomic mass is 9.74. The second-order valence-corrected chi connectivity index (χ2v) is 10.9. The number of methoxy groups -OCH3 is 1. The van der Waals surface area contributed by atoms with Crippen LogP contribution >= 0.6 is 0 Å². The van der Waals surface area contributed by atoms with Gasteiger partial charge in [-0.1, -0.05) is 27.2 Å². The first-order valence-electron chi connectivity index (χ1n) is 11.3. The van der Waals surface area contributed by atoms with Gasteiger partial charge in [-0.3, -0.25) is 4.79 Å². The summed E-state index contributed by atoms with van der Waals surface area (Å²) in [6.07, 6.45) is 5.15. The number of nitrogens with one attached hydrogen (secondary N) is 1. The highest BCUT2D eigenvalue weighted by Crippen LogP contribution is 2.77. The first-order valence-corrected chi connectivity index (χ1v) is 11.3. The van der Waals surface area contributed by atoms with E-state index in [1.807, 2.05) is 20.8 Å². The van der Waals surface area contributed by atoms with E-state index in [4.69, 9.17) is 9.15 Å². The van der Waals surface area contributed by atoms with Gasteiger partial charge in [0, 0.05) is 12.6 Å².